The Bertz CT molecular complexity index is 720. The molecule has 0 heterocycles. The summed E-state index contributed by atoms with van der Waals surface area (Å²) in [7, 11) is 0. The number of phenolic OH excluding ortho intramolecular Hbond substituents is 1. The van der Waals surface area contributed by atoms with Gasteiger partial charge in [0.25, 0.3) is 0 Å². The Morgan fingerprint density at radius 1 is 1.13 bits per heavy atom. The standard InChI is InChI=1S/C18H26O2.C6H8O.2C2H6/c1-6-7-8-15-17(20)13(4)18(15,5)14-9-11(2)16(19)12(3)10-14;1-3-4-5-6(2)7;2*1-2/h8-10,13,17,19-20H,6-7H2,1-5H3;3-5,7H,1-2H2;2*1-2H3/b;5-4-;;. The summed E-state index contributed by atoms with van der Waals surface area (Å²) in [4.78, 5) is 0. The van der Waals surface area contributed by atoms with E-state index in [-0.39, 0.29) is 23.2 Å². The third-order valence-corrected chi connectivity index (χ3v) is 5.47. The third kappa shape index (κ3) is 8.06. The third-order valence-electron chi connectivity index (χ3n) is 5.47. The molecule has 0 aromatic heterocycles. The van der Waals surface area contributed by atoms with Gasteiger partial charge in [0.1, 0.15) is 11.5 Å². The summed E-state index contributed by atoms with van der Waals surface area (Å²) in [5.41, 5.74) is 4.04. The highest BCUT2D eigenvalue weighted by Crippen LogP contribution is 2.53. The van der Waals surface area contributed by atoms with Crippen molar-refractivity contribution in [1.29, 1.82) is 0 Å². The molecule has 0 spiro atoms. The lowest BCUT2D eigenvalue weighted by Gasteiger charge is -2.53. The van der Waals surface area contributed by atoms with Gasteiger partial charge in [0.2, 0.25) is 0 Å². The van der Waals surface area contributed by atoms with Crippen LogP contribution in [0.3, 0.4) is 0 Å². The van der Waals surface area contributed by atoms with Gasteiger partial charge in [-0.15, -0.1) is 0 Å². The number of benzene rings is 1. The summed E-state index contributed by atoms with van der Waals surface area (Å²) < 4.78 is 0. The lowest BCUT2D eigenvalue weighted by molar-refractivity contribution is 0.0319. The summed E-state index contributed by atoms with van der Waals surface area (Å²) in [6, 6.07) is 4.12. The fraction of sp³-hybridized carbons (Fsp3) is 0.500. The van der Waals surface area contributed by atoms with Crippen molar-refractivity contribution in [3.63, 3.8) is 0 Å². The lowest BCUT2D eigenvalue weighted by Crippen LogP contribution is -2.54. The molecule has 0 saturated heterocycles. The average Bonchev–Trinajstić information content (AvgIpc) is 2.78. The monoisotopic (exact) mass is 430 g/mol. The molecule has 1 aliphatic rings. The van der Waals surface area contributed by atoms with Gasteiger partial charge in [0.05, 0.1) is 6.10 Å². The number of rotatable bonds is 5. The zero-order valence-electron chi connectivity index (χ0n) is 21.3. The van der Waals surface area contributed by atoms with Crippen molar-refractivity contribution in [2.45, 2.75) is 86.7 Å². The number of aromatic hydroxyl groups is 1. The number of hydrogen-bond donors (Lipinski definition) is 3. The summed E-state index contributed by atoms with van der Waals surface area (Å²) >= 11 is 0. The molecule has 3 heteroatoms. The first-order valence-electron chi connectivity index (χ1n) is 11.5. The highest BCUT2D eigenvalue weighted by molar-refractivity contribution is 5.52. The van der Waals surface area contributed by atoms with Crippen LogP contribution in [0.1, 0.15) is 78.0 Å². The van der Waals surface area contributed by atoms with Crippen molar-refractivity contribution < 1.29 is 15.3 Å². The Morgan fingerprint density at radius 2 is 1.61 bits per heavy atom. The minimum absolute atomic E-state index is 0.0555. The second-order valence-electron chi connectivity index (χ2n) is 7.43. The molecule has 1 aromatic carbocycles. The Labute approximate surface area is 191 Å². The molecule has 0 bridgehead atoms. The van der Waals surface area contributed by atoms with Crippen molar-refractivity contribution in [2.75, 3.05) is 0 Å². The first-order chi connectivity index (χ1) is 14.6. The SMILES string of the molecule is C=C/C=C\C(=C)O.CC.CC.CCCC=C1C(O)C(C)C1(C)c1cc(C)c(O)c(C)c1. The molecule has 31 heavy (non-hydrogen) atoms. The normalized spacial score (nSPS) is 22.7. The Hall–Kier alpha value is -2.26. The van der Waals surface area contributed by atoms with Crippen LogP contribution >= 0.6 is 0 Å². The number of aryl methyl sites for hydroxylation is 2. The smallest absolute Gasteiger partial charge is 0.121 e. The summed E-state index contributed by atoms with van der Waals surface area (Å²) in [5.74, 6) is 0.637. The fourth-order valence-corrected chi connectivity index (χ4v) is 3.56. The van der Waals surface area contributed by atoms with E-state index in [4.69, 9.17) is 5.11 Å². The van der Waals surface area contributed by atoms with Gasteiger partial charge in [-0.05, 0) is 54.5 Å². The minimum atomic E-state index is -0.332. The number of allylic oxidation sites excluding steroid dienone is 4. The predicted molar refractivity (Wildman–Crippen MR) is 137 cm³/mol. The molecule has 1 fully saturated rings. The van der Waals surface area contributed by atoms with E-state index in [0.717, 1.165) is 29.5 Å². The van der Waals surface area contributed by atoms with Crippen LogP contribution in [0.25, 0.3) is 0 Å². The molecule has 176 valence electrons. The number of unbranched alkanes of at least 4 members (excludes halogenated alkanes) is 1. The number of aliphatic hydroxyl groups is 2. The minimum Gasteiger partial charge on any atom is -0.509 e. The molecule has 3 N–H and O–H groups in total. The molecule has 3 atom stereocenters. The maximum Gasteiger partial charge on any atom is 0.121 e. The first kappa shape index (κ1) is 30.9. The molecule has 1 saturated carbocycles. The van der Waals surface area contributed by atoms with Crippen LogP contribution in [0, 0.1) is 19.8 Å². The highest BCUT2D eigenvalue weighted by Gasteiger charge is 2.52. The van der Waals surface area contributed by atoms with Gasteiger partial charge >= 0.3 is 0 Å². The van der Waals surface area contributed by atoms with E-state index >= 15 is 0 Å². The van der Waals surface area contributed by atoms with E-state index in [2.05, 4.69) is 52.1 Å². The second kappa shape index (κ2) is 15.5. The van der Waals surface area contributed by atoms with Crippen molar-refractivity contribution in [2.24, 2.45) is 5.92 Å². The zero-order valence-corrected chi connectivity index (χ0v) is 21.3. The first-order valence-corrected chi connectivity index (χ1v) is 11.5. The number of hydrogen-bond acceptors (Lipinski definition) is 3. The molecule has 3 nitrogen and oxygen atoms in total. The van der Waals surface area contributed by atoms with Gasteiger partial charge in [-0.3, -0.25) is 0 Å². The van der Waals surface area contributed by atoms with Crippen molar-refractivity contribution >= 4 is 0 Å². The van der Waals surface area contributed by atoms with Crippen LogP contribution in [-0.4, -0.2) is 21.4 Å². The van der Waals surface area contributed by atoms with Crippen molar-refractivity contribution in [1.82, 2.24) is 0 Å². The zero-order chi connectivity index (χ0) is 24.8. The van der Waals surface area contributed by atoms with Crippen LogP contribution in [0.15, 0.2) is 60.9 Å². The van der Waals surface area contributed by atoms with E-state index in [0.29, 0.717) is 5.75 Å². The molecule has 1 aliphatic carbocycles. The quantitative estimate of drug-likeness (QED) is 0.253. The van der Waals surface area contributed by atoms with Gasteiger partial charge in [-0.2, -0.15) is 0 Å². The molecule has 0 radical (unpaired) electrons. The second-order valence-corrected chi connectivity index (χ2v) is 7.43. The van der Waals surface area contributed by atoms with Crippen LogP contribution in [0.2, 0.25) is 0 Å². The van der Waals surface area contributed by atoms with Crippen molar-refractivity contribution in [3.05, 3.63) is 77.6 Å². The van der Waals surface area contributed by atoms with Crippen molar-refractivity contribution in [3.8, 4) is 5.75 Å². The van der Waals surface area contributed by atoms with Crippen LogP contribution in [0.5, 0.6) is 5.75 Å². The highest BCUT2D eigenvalue weighted by atomic mass is 16.3. The maximum absolute atomic E-state index is 10.3. The van der Waals surface area contributed by atoms with Gasteiger partial charge in [0, 0.05) is 5.41 Å². The van der Waals surface area contributed by atoms with E-state index in [1.165, 1.54) is 11.6 Å². The van der Waals surface area contributed by atoms with Gasteiger partial charge in [-0.1, -0.05) is 98.4 Å². The largest absolute Gasteiger partial charge is 0.509 e. The Balaban J connectivity index is 0. The average molecular weight is 431 g/mol. The molecular weight excluding hydrogens is 384 g/mol. The number of phenols is 1. The summed E-state index contributed by atoms with van der Waals surface area (Å²) in [6.07, 6.45) is 8.61. The van der Waals surface area contributed by atoms with E-state index in [1.54, 1.807) is 12.2 Å². The van der Waals surface area contributed by atoms with Gasteiger partial charge in [-0.25, -0.2) is 0 Å². The topological polar surface area (TPSA) is 60.7 Å². The molecule has 1 aromatic rings. The summed E-state index contributed by atoms with van der Waals surface area (Å²) in [5, 5.41) is 28.6. The van der Waals surface area contributed by atoms with E-state index < -0.39 is 0 Å². The molecule has 3 unspecified atom stereocenters. The van der Waals surface area contributed by atoms with Crippen LogP contribution < -0.4 is 0 Å². The summed E-state index contributed by atoms with van der Waals surface area (Å²) in [6.45, 7) is 24.9. The Morgan fingerprint density at radius 3 is 1.97 bits per heavy atom. The fourth-order valence-electron chi connectivity index (χ4n) is 3.56. The molecule has 2 rings (SSSR count). The van der Waals surface area contributed by atoms with Gasteiger partial charge < -0.3 is 15.3 Å². The lowest BCUT2D eigenvalue weighted by atomic mass is 9.53. The van der Waals surface area contributed by atoms with Gasteiger partial charge in [0.15, 0.2) is 0 Å². The van der Waals surface area contributed by atoms with Crippen LogP contribution in [0.4, 0.5) is 0 Å². The van der Waals surface area contributed by atoms with E-state index in [1.807, 2.05) is 41.5 Å². The van der Waals surface area contributed by atoms with Crippen LogP contribution in [-0.2, 0) is 5.41 Å². The molecule has 0 aliphatic heterocycles. The molecule has 0 amide bonds. The predicted octanol–water partition coefficient (Wildman–Crippen LogP) is 7.86. The number of aliphatic hydroxyl groups excluding tert-OH is 2. The molecular formula is C28H46O3. The Kier molecular flexibility index (Phi) is 15.5. The van der Waals surface area contributed by atoms with E-state index in [9.17, 15) is 10.2 Å². The maximum atomic E-state index is 10.3.